The fraction of sp³-hybridized carbons (Fsp3) is 0.0625. The van der Waals surface area contributed by atoms with Gasteiger partial charge in [-0.3, -0.25) is 5.32 Å². The van der Waals surface area contributed by atoms with Crippen LogP contribution in [-0.2, 0) is 7.05 Å². The van der Waals surface area contributed by atoms with Crippen LogP contribution in [0.25, 0.3) is 10.9 Å². The van der Waals surface area contributed by atoms with Gasteiger partial charge in [-0.05, 0) is 36.4 Å². The molecule has 4 nitrogen and oxygen atoms in total. The van der Waals surface area contributed by atoms with E-state index in [2.05, 4.69) is 5.32 Å². The molecule has 1 aromatic heterocycles. The van der Waals surface area contributed by atoms with Crippen LogP contribution in [0.1, 0.15) is 0 Å². The number of hydrogen-bond donors (Lipinski definition) is 1. The molecule has 0 saturated heterocycles. The molecule has 0 atom stereocenters. The number of para-hydroxylation sites is 1. The molecule has 1 heterocycles. The second kappa shape index (κ2) is 5.09. The number of nitrogens with zero attached hydrogens (tertiary/aromatic N) is 1. The van der Waals surface area contributed by atoms with Crippen LogP contribution in [0.3, 0.4) is 0 Å². The zero-order valence-corrected chi connectivity index (χ0v) is 11.0. The minimum absolute atomic E-state index is 0.494. The molecule has 0 aliphatic carbocycles. The minimum Gasteiger partial charge on any atom is -0.410 e. The molecule has 0 saturated carbocycles. The van der Waals surface area contributed by atoms with Crippen LogP contribution in [0.4, 0.5) is 10.5 Å². The lowest BCUT2D eigenvalue weighted by molar-refractivity contribution is 0.215. The zero-order valence-electron chi connectivity index (χ0n) is 11.0. The lowest BCUT2D eigenvalue weighted by Gasteiger charge is -2.07. The maximum absolute atomic E-state index is 11.8. The number of aromatic nitrogens is 1. The molecule has 0 fully saturated rings. The summed E-state index contributed by atoms with van der Waals surface area (Å²) in [4.78, 5) is 11.8. The lowest BCUT2D eigenvalue weighted by atomic mass is 10.2. The molecule has 3 aromatic rings. The second-order valence-electron chi connectivity index (χ2n) is 4.53. The Morgan fingerprint density at radius 1 is 1.10 bits per heavy atom. The van der Waals surface area contributed by atoms with E-state index in [0.717, 1.165) is 10.9 Å². The van der Waals surface area contributed by atoms with E-state index in [1.807, 2.05) is 60.3 Å². The van der Waals surface area contributed by atoms with E-state index in [0.29, 0.717) is 11.4 Å². The Kier molecular flexibility index (Phi) is 3.13. The zero-order chi connectivity index (χ0) is 13.9. The minimum atomic E-state index is -0.494. The molecule has 1 amide bonds. The molecular formula is C16H14N2O2. The van der Waals surface area contributed by atoms with Gasteiger partial charge in [0.15, 0.2) is 0 Å². The summed E-state index contributed by atoms with van der Waals surface area (Å²) in [6, 6.07) is 16.7. The Labute approximate surface area is 116 Å². The number of hydrogen-bond acceptors (Lipinski definition) is 2. The molecule has 0 unspecified atom stereocenters. The molecular weight excluding hydrogens is 252 g/mol. The van der Waals surface area contributed by atoms with Gasteiger partial charge in [0.05, 0.1) is 0 Å². The molecule has 4 heteroatoms. The van der Waals surface area contributed by atoms with Crippen LogP contribution in [0.15, 0.2) is 60.8 Å². The highest BCUT2D eigenvalue weighted by molar-refractivity contribution is 5.91. The molecule has 0 aliphatic rings. The third-order valence-corrected chi connectivity index (χ3v) is 3.09. The fourth-order valence-electron chi connectivity index (χ4n) is 2.10. The Hall–Kier alpha value is -2.75. The fourth-order valence-corrected chi connectivity index (χ4v) is 2.10. The Balaban J connectivity index is 1.74. The van der Waals surface area contributed by atoms with Crippen molar-refractivity contribution in [2.24, 2.45) is 7.05 Å². The second-order valence-corrected chi connectivity index (χ2v) is 4.53. The monoisotopic (exact) mass is 266 g/mol. The van der Waals surface area contributed by atoms with Gasteiger partial charge < -0.3 is 9.30 Å². The van der Waals surface area contributed by atoms with Crippen LogP contribution >= 0.6 is 0 Å². The van der Waals surface area contributed by atoms with Crippen molar-refractivity contribution in [1.29, 1.82) is 0 Å². The van der Waals surface area contributed by atoms with Crippen molar-refractivity contribution in [3.05, 3.63) is 60.8 Å². The summed E-state index contributed by atoms with van der Waals surface area (Å²) in [6.07, 6.45) is 1.49. The van der Waals surface area contributed by atoms with Crippen molar-refractivity contribution in [3.63, 3.8) is 0 Å². The van der Waals surface area contributed by atoms with Crippen molar-refractivity contribution in [2.45, 2.75) is 0 Å². The van der Waals surface area contributed by atoms with Gasteiger partial charge in [-0.1, -0.05) is 18.2 Å². The summed E-state index contributed by atoms with van der Waals surface area (Å²) in [6.45, 7) is 0. The molecule has 0 spiro atoms. The van der Waals surface area contributed by atoms with Crippen molar-refractivity contribution in [3.8, 4) is 5.75 Å². The number of amides is 1. The average Bonchev–Trinajstić information content (AvgIpc) is 2.81. The number of fused-ring (bicyclic) bond motifs is 1. The van der Waals surface area contributed by atoms with Gasteiger partial charge in [0.25, 0.3) is 0 Å². The van der Waals surface area contributed by atoms with Gasteiger partial charge in [-0.2, -0.15) is 0 Å². The third-order valence-electron chi connectivity index (χ3n) is 3.09. The number of ether oxygens (including phenoxy) is 1. The molecule has 2 aromatic carbocycles. The van der Waals surface area contributed by atoms with Gasteiger partial charge >= 0.3 is 6.09 Å². The van der Waals surface area contributed by atoms with E-state index >= 15 is 0 Å². The molecule has 1 N–H and O–H groups in total. The SMILES string of the molecule is Cn1ccc2cc(NC(=O)Oc3ccccc3)ccc21. The average molecular weight is 266 g/mol. The first-order valence-corrected chi connectivity index (χ1v) is 6.31. The number of aryl methyl sites for hydroxylation is 1. The van der Waals surface area contributed by atoms with E-state index in [4.69, 9.17) is 4.74 Å². The van der Waals surface area contributed by atoms with Gasteiger partial charge in [0.2, 0.25) is 0 Å². The normalized spacial score (nSPS) is 10.4. The van der Waals surface area contributed by atoms with Crippen molar-refractivity contribution >= 4 is 22.7 Å². The highest BCUT2D eigenvalue weighted by Crippen LogP contribution is 2.20. The van der Waals surface area contributed by atoms with Gasteiger partial charge in [0.1, 0.15) is 5.75 Å². The van der Waals surface area contributed by atoms with Gasteiger partial charge in [-0.25, -0.2) is 4.79 Å². The lowest BCUT2D eigenvalue weighted by Crippen LogP contribution is -2.16. The first-order chi connectivity index (χ1) is 9.72. The first kappa shape index (κ1) is 12.3. The Morgan fingerprint density at radius 2 is 1.90 bits per heavy atom. The molecule has 0 aliphatic heterocycles. The summed E-state index contributed by atoms with van der Waals surface area (Å²) >= 11 is 0. The number of nitrogens with one attached hydrogen (secondary N) is 1. The van der Waals surface area contributed by atoms with Gasteiger partial charge in [0, 0.05) is 29.8 Å². The maximum atomic E-state index is 11.8. The highest BCUT2D eigenvalue weighted by atomic mass is 16.6. The van der Waals surface area contributed by atoms with E-state index in [1.165, 1.54) is 0 Å². The predicted octanol–water partition coefficient (Wildman–Crippen LogP) is 3.79. The maximum Gasteiger partial charge on any atom is 0.417 e. The molecule has 100 valence electrons. The number of rotatable bonds is 2. The number of benzene rings is 2. The summed E-state index contributed by atoms with van der Waals surface area (Å²) in [5.74, 6) is 0.519. The first-order valence-electron chi connectivity index (χ1n) is 6.31. The standard InChI is InChI=1S/C16H14N2O2/c1-18-10-9-12-11-13(7-8-15(12)18)17-16(19)20-14-5-3-2-4-6-14/h2-11H,1H3,(H,17,19). The summed E-state index contributed by atoms with van der Waals surface area (Å²) < 4.78 is 7.21. The van der Waals surface area contributed by atoms with Crippen LogP contribution in [0, 0.1) is 0 Å². The Bertz CT molecular complexity index is 748. The van der Waals surface area contributed by atoms with Crippen LogP contribution in [0.2, 0.25) is 0 Å². The topological polar surface area (TPSA) is 43.3 Å². The van der Waals surface area contributed by atoms with Crippen molar-refractivity contribution < 1.29 is 9.53 Å². The van der Waals surface area contributed by atoms with Crippen LogP contribution < -0.4 is 10.1 Å². The number of carbonyl (C=O) groups is 1. The van der Waals surface area contributed by atoms with E-state index in [1.54, 1.807) is 12.1 Å². The third kappa shape index (κ3) is 2.49. The van der Waals surface area contributed by atoms with Crippen molar-refractivity contribution in [2.75, 3.05) is 5.32 Å². The number of carbonyl (C=O) groups excluding carboxylic acids is 1. The summed E-state index contributed by atoms with van der Waals surface area (Å²) in [7, 11) is 1.99. The molecule has 0 bridgehead atoms. The van der Waals surface area contributed by atoms with Crippen LogP contribution in [0.5, 0.6) is 5.75 Å². The largest absolute Gasteiger partial charge is 0.417 e. The smallest absolute Gasteiger partial charge is 0.410 e. The van der Waals surface area contributed by atoms with E-state index in [-0.39, 0.29) is 0 Å². The molecule has 0 radical (unpaired) electrons. The van der Waals surface area contributed by atoms with Gasteiger partial charge in [-0.15, -0.1) is 0 Å². The highest BCUT2D eigenvalue weighted by Gasteiger charge is 2.06. The predicted molar refractivity (Wildman–Crippen MR) is 79.0 cm³/mol. The quantitative estimate of drug-likeness (QED) is 0.767. The Morgan fingerprint density at radius 3 is 2.70 bits per heavy atom. The van der Waals surface area contributed by atoms with Crippen LogP contribution in [-0.4, -0.2) is 10.7 Å². The summed E-state index contributed by atoms with van der Waals surface area (Å²) in [5.41, 5.74) is 1.83. The molecule has 20 heavy (non-hydrogen) atoms. The number of anilines is 1. The van der Waals surface area contributed by atoms with E-state index in [9.17, 15) is 4.79 Å². The van der Waals surface area contributed by atoms with Crippen molar-refractivity contribution in [1.82, 2.24) is 4.57 Å². The van der Waals surface area contributed by atoms with E-state index < -0.39 is 6.09 Å². The summed E-state index contributed by atoms with van der Waals surface area (Å²) in [5, 5.41) is 3.80. The molecule has 3 rings (SSSR count).